The van der Waals surface area contributed by atoms with Gasteiger partial charge in [0, 0.05) is 6.42 Å². The van der Waals surface area contributed by atoms with Gasteiger partial charge in [-0.1, -0.05) is 193 Å². The maximum atomic E-state index is 13.1. The Morgan fingerprint density at radius 3 is 1.49 bits per heavy atom. The second-order valence-corrected chi connectivity index (χ2v) is 15.1. The Kier molecular flexibility index (Phi) is 38.3. The van der Waals surface area contributed by atoms with Crippen LogP contribution in [-0.4, -0.2) is 46.9 Å². The van der Waals surface area contributed by atoms with Gasteiger partial charge in [-0.3, -0.25) is 9.59 Å². The van der Waals surface area contributed by atoms with Crippen molar-refractivity contribution in [2.75, 3.05) is 6.61 Å². The summed E-state index contributed by atoms with van der Waals surface area (Å²) >= 11 is 0. The molecule has 6 nitrogen and oxygen atoms in total. The van der Waals surface area contributed by atoms with Crippen LogP contribution in [0.25, 0.3) is 0 Å². The van der Waals surface area contributed by atoms with E-state index in [1.165, 1.54) is 122 Å². The van der Waals surface area contributed by atoms with Gasteiger partial charge in [-0.25, -0.2) is 0 Å². The average Bonchev–Trinajstić information content (AvgIpc) is 3.12. The van der Waals surface area contributed by atoms with E-state index in [-0.39, 0.29) is 24.9 Å². The molecule has 0 saturated carbocycles. The van der Waals surface area contributed by atoms with Gasteiger partial charge in [0.2, 0.25) is 5.91 Å². The molecule has 0 aromatic rings. The van der Waals surface area contributed by atoms with Crippen molar-refractivity contribution in [3.05, 3.63) is 24.3 Å². The van der Waals surface area contributed by atoms with Crippen LogP contribution in [0.4, 0.5) is 0 Å². The van der Waals surface area contributed by atoms with Crippen LogP contribution in [0.1, 0.15) is 226 Å². The molecule has 0 aliphatic heterocycles. The zero-order chi connectivity index (χ0) is 37.5. The minimum Gasteiger partial charge on any atom is -0.462 e. The van der Waals surface area contributed by atoms with Crippen molar-refractivity contribution in [3.63, 3.8) is 0 Å². The fourth-order valence-corrected chi connectivity index (χ4v) is 6.66. The molecule has 0 aromatic carbocycles. The highest BCUT2D eigenvalue weighted by atomic mass is 16.5. The van der Waals surface area contributed by atoms with E-state index in [1.807, 2.05) is 6.08 Å². The zero-order valence-corrected chi connectivity index (χ0v) is 34.0. The molecule has 0 spiro atoms. The van der Waals surface area contributed by atoms with Crippen LogP contribution in [0.2, 0.25) is 0 Å². The van der Waals surface area contributed by atoms with E-state index in [4.69, 9.17) is 4.74 Å². The molecule has 0 aliphatic carbocycles. The summed E-state index contributed by atoms with van der Waals surface area (Å²) in [5.74, 6) is -0.552. The molecule has 0 bridgehead atoms. The molecular formula is C45H85NO5. The Hall–Kier alpha value is -1.66. The van der Waals surface area contributed by atoms with Gasteiger partial charge in [0.1, 0.15) is 6.10 Å². The number of carbonyl (C=O) groups is 2. The van der Waals surface area contributed by atoms with Crippen LogP contribution in [0.5, 0.6) is 0 Å². The second-order valence-electron chi connectivity index (χ2n) is 15.1. The number of nitrogens with one attached hydrogen (secondary N) is 1. The number of allylic oxidation sites excluding steroid dienone is 4. The van der Waals surface area contributed by atoms with Crippen molar-refractivity contribution in [2.24, 2.45) is 0 Å². The number of hydrogen-bond donors (Lipinski definition) is 3. The normalized spacial score (nSPS) is 13.6. The van der Waals surface area contributed by atoms with Crippen molar-refractivity contribution in [2.45, 2.75) is 244 Å². The Morgan fingerprint density at radius 2 is 1.00 bits per heavy atom. The predicted molar refractivity (Wildman–Crippen MR) is 218 cm³/mol. The summed E-state index contributed by atoms with van der Waals surface area (Å²) in [6.45, 7) is 6.42. The standard InChI is InChI=1S/C45H85NO5/c1-4-7-10-13-16-19-21-22-23-26-29-32-35-38-45(50)51-41(36-33-30-27-24-18-15-12-9-6-3)39-44(49)46-42(40-47)43(48)37-34-31-28-25-20-17-14-11-8-5-2/h22-23,29,32,41-43,47-48H,4-21,24-28,30-31,33-40H2,1-3H3,(H,46,49)/b23-22-,32-29+. The number of ether oxygens (including phenoxy) is 1. The van der Waals surface area contributed by atoms with Crippen molar-refractivity contribution in [1.82, 2.24) is 5.32 Å². The third-order valence-electron chi connectivity index (χ3n) is 10.0. The maximum Gasteiger partial charge on any atom is 0.306 e. The van der Waals surface area contributed by atoms with Gasteiger partial charge in [0.05, 0.1) is 25.2 Å². The molecule has 0 aliphatic rings. The van der Waals surface area contributed by atoms with Gasteiger partial charge in [0.25, 0.3) is 0 Å². The quantitative estimate of drug-likeness (QED) is 0.0334. The van der Waals surface area contributed by atoms with Crippen LogP contribution < -0.4 is 5.32 Å². The van der Waals surface area contributed by atoms with E-state index in [1.54, 1.807) is 0 Å². The van der Waals surface area contributed by atoms with E-state index in [0.717, 1.165) is 51.4 Å². The molecule has 3 N–H and O–H groups in total. The van der Waals surface area contributed by atoms with Crippen LogP contribution in [-0.2, 0) is 14.3 Å². The highest BCUT2D eigenvalue weighted by molar-refractivity contribution is 5.77. The van der Waals surface area contributed by atoms with E-state index in [0.29, 0.717) is 25.7 Å². The topological polar surface area (TPSA) is 95.9 Å². The summed E-state index contributed by atoms with van der Waals surface area (Å²) in [7, 11) is 0. The van der Waals surface area contributed by atoms with Crippen molar-refractivity contribution >= 4 is 11.9 Å². The van der Waals surface area contributed by atoms with Gasteiger partial charge in [-0.15, -0.1) is 0 Å². The van der Waals surface area contributed by atoms with E-state index < -0.39 is 18.2 Å². The lowest BCUT2D eigenvalue weighted by molar-refractivity contribution is -0.150. The third-order valence-corrected chi connectivity index (χ3v) is 10.0. The van der Waals surface area contributed by atoms with E-state index in [2.05, 4.69) is 44.3 Å². The van der Waals surface area contributed by atoms with E-state index in [9.17, 15) is 19.8 Å². The van der Waals surface area contributed by atoms with Gasteiger partial charge >= 0.3 is 5.97 Å². The third kappa shape index (κ3) is 35.2. The molecule has 0 saturated heterocycles. The van der Waals surface area contributed by atoms with Crippen molar-refractivity contribution in [3.8, 4) is 0 Å². The molecule has 1 amide bonds. The first-order valence-corrected chi connectivity index (χ1v) is 22.1. The number of carbonyl (C=O) groups excluding carboxylic acids is 2. The molecule has 0 aromatic heterocycles. The van der Waals surface area contributed by atoms with Gasteiger partial charge in [0.15, 0.2) is 0 Å². The lowest BCUT2D eigenvalue weighted by Crippen LogP contribution is -2.46. The highest BCUT2D eigenvalue weighted by Gasteiger charge is 2.24. The number of unbranched alkanes of at least 4 members (excludes halogenated alkanes) is 23. The molecule has 0 fully saturated rings. The minimum absolute atomic E-state index is 0.0590. The van der Waals surface area contributed by atoms with Crippen LogP contribution in [0, 0.1) is 0 Å². The minimum atomic E-state index is -0.788. The fraction of sp³-hybridized carbons (Fsp3) is 0.867. The predicted octanol–water partition coefficient (Wildman–Crippen LogP) is 12.4. The number of aliphatic hydroxyl groups excluding tert-OH is 2. The number of aliphatic hydroxyl groups is 2. The Balaban J connectivity index is 4.62. The first kappa shape index (κ1) is 49.3. The van der Waals surface area contributed by atoms with Crippen molar-refractivity contribution in [1.29, 1.82) is 0 Å². The molecule has 0 rings (SSSR count). The van der Waals surface area contributed by atoms with Gasteiger partial charge < -0.3 is 20.3 Å². The fourth-order valence-electron chi connectivity index (χ4n) is 6.66. The summed E-state index contributed by atoms with van der Waals surface area (Å²) in [5.41, 5.74) is 0. The number of amides is 1. The van der Waals surface area contributed by atoms with Crippen LogP contribution in [0.15, 0.2) is 24.3 Å². The zero-order valence-electron chi connectivity index (χ0n) is 34.0. The molecule has 0 radical (unpaired) electrons. The monoisotopic (exact) mass is 720 g/mol. The number of esters is 1. The lowest BCUT2D eigenvalue weighted by Gasteiger charge is -2.24. The first-order chi connectivity index (χ1) is 25.0. The summed E-state index contributed by atoms with van der Waals surface area (Å²) in [6, 6.07) is -0.704. The van der Waals surface area contributed by atoms with Crippen LogP contribution >= 0.6 is 0 Å². The smallest absolute Gasteiger partial charge is 0.306 e. The molecule has 300 valence electrons. The van der Waals surface area contributed by atoms with Crippen molar-refractivity contribution < 1.29 is 24.5 Å². The largest absolute Gasteiger partial charge is 0.462 e. The second kappa shape index (κ2) is 39.5. The number of rotatable bonds is 39. The summed E-state index contributed by atoms with van der Waals surface area (Å²) in [5, 5.41) is 23.5. The van der Waals surface area contributed by atoms with E-state index >= 15 is 0 Å². The molecule has 51 heavy (non-hydrogen) atoms. The molecule has 0 heterocycles. The summed E-state index contributed by atoms with van der Waals surface area (Å²) in [6.07, 6.45) is 42.5. The summed E-state index contributed by atoms with van der Waals surface area (Å²) < 4.78 is 5.84. The van der Waals surface area contributed by atoms with Crippen LogP contribution in [0.3, 0.4) is 0 Å². The Morgan fingerprint density at radius 1 is 0.569 bits per heavy atom. The molecule has 6 heteroatoms. The lowest BCUT2D eigenvalue weighted by atomic mass is 10.0. The van der Waals surface area contributed by atoms with Gasteiger partial charge in [-0.05, 0) is 44.9 Å². The molecular weight excluding hydrogens is 634 g/mol. The molecule has 3 atom stereocenters. The van der Waals surface area contributed by atoms with Gasteiger partial charge in [-0.2, -0.15) is 0 Å². The molecule has 3 unspecified atom stereocenters. The number of hydrogen-bond acceptors (Lipinski definition) is 5. The average molecular weight is 720 g/mol. The maximum absolute atomic E-state index is 13.1. The summed E-state index contributed by atoms with van der Waals surface area (Å²) in [4.78, 5) is 25.8. The Labute approximate surface area is 316 Å². The highest BCUT2D eigenvalue weighted by Crippen LogP contribution is 2.17. The Bertz CT molecular complexity index is 812. The SMILES string of the molecule is CCCCCCCC/C=C\C/C=C/CCC(=O)OC(CCCCCCCCCCC)CC(=O)NC(CO)C(O)CCCCCCCCCCCC. The first-order valence-electron chi connectivity index (χ1n) is 22.1.